The van der Waals surface area contributed by atoms with Gasteiger partial charge in [0.2, 0.25) is 5.91 Å². The fraction of sp³-hybridized carbons (Fsp3) is 0.483. The number of nitriles is 1. The highest BCUT2D eigenvalue weighted by molar-refractivity contribution is 6.30. The maximum absolute atomic E-state index is 13.2. The molecular formula is C29H34Cl2N2O3. The van der Waals surface area contributed by atoms with Gasteiger partial charge in [-0.1, -0.05) is 60.8 Å². The number of nitrogens with one attached hydrogen (secondary N) is 1. The molecule has 2 aromatic carbocycles. The van der Waals surface area contributed by atoms with Crippen molar-refractivity contribution in [2.75, 3.05) is 0 Å². The third kappa shape index (κ3) is 7.48. The lowest BCUT2D eigenvalue weighted by atomic mass is 9.71. The molecule has 1 saturated heterocycles. The van der Waals surface area contributed by atoms with Crippen LogP contribution < -0.4 is 5.32 Å². The van der Waals surface area contributed by atoms with Gasteiger partial charge in [0.1, 0.15) is 5.60 Å². The van der Waals surface area contributed by atoms with Crippen LogP contribution in [0.5, 0.6) is 0 Å². The second-order valence-electron chi connectivity index (χ2n) is 10.6. The quantitative estimate of drug-likeness (QED) is 0.372. The number of piperidine rings is 1. The summed E-state index contributed by atoms with van der Waals surface area (Å²) in [6.07, 6.45) is 1.90. The van der Waals surface area contributed by atoms with Gasteiger partial charge in [0, 0.05) is 27.9 Å². The van der Waals surface area contributed by atoms with E-state index in [1.165, 1.54) is 0 Å². The summed E-state index contributed by atoms with van der Waals surface area (Å²) in [6, 6.07) is 17.3. The molecule has 1 N–H and O–H groups in total. The van der Waals surface area contributed by atoms with Crippen LogP contribution in [-0.4, -0.2) is 23.5 Å². The average molecular weight is 530 g/mol. The third-order valence-electron chi connectivity index (χ3n) is 6.76. The Hall–Kier alpha value is -2.55. The minimum absolute atomic E-state index is 0.0231. The molecule has 3 rings (SSSR count). The van der Waals surface area contributed by atoms with Crippen LogP contribution in [0.25, 0.3) is 0 Å². The Kier molecular flexibility index (Phi) is 9.44. The summed E-state index contributed by atoms with van der Waals surface area (Å²) >= 11 is 12.4. The van der Waals surface area contributed by atoms with Crippen LogP contribution in [0, 0.1) is 23.2 Å². The first kappa shape index (κ1) is 28.0. The number of benzene rings is 2. The molecule has 192 valence electrons. The first-order valence-electron chi connectivity index (χ1n) is 12.4. The lowest BCUT2D eigenvalue weighted by Crippen LogP contribution is -2.52. The van der Waals surface area contributed by atoms with Gasteiger partial charge in [-0.3, -0.25) is 9.59 Å². The number of carbonyl (C=O) groups is 2. The largest absolute Gasteiger partial charge is 0.460 e. The molecule has 0 saturated carbocycles. The summed E-state index contributed by atoms with van der Waals surface area (Å²) in [4.78, 5) is 25.7. The predicted molar refractivity (Wildman–Crippen MR) is 143 cm³/mol. The maximum atomic E-state index is 13.2. The van der Waals surface area contributed by atoms with Crippen LogP contribution in [0.3, 0.4) is 0 Å². The molecule has 0 spiro atoms. The van der Waals surface area contributed by atoms with Crippen molar-refractivity contribution >= 4 is 35.1 Å². The Morgan fingerprint density at radius 3 is 2.44 bits per heavy atom. The molecule has 1 aliphatic heterocycles. The van der Waals surface area contributed by atoms with Crippen molar-refractivity contribution in [1.82, 2.24) is 5.32 Å². The normalized spacial score (nSPS) is 21.7. The first-order chi connectivity index (χ1) is 17.0. The highest BCUT2D eigenvalue weighted by Gasteiger charge is 2.41. The molecule has 0 aromatic heterocycles. The maximum Gasteiger partial charge on any atom is 0.307 e. The molecule has 5 nitrogen and oxygen atoms in total. The molecule has 1 amide bonds. The fourth-order valence-corrected chi connectivity index (χ4v) is 5.38. The molecular weight excluding hydrogens is 495 g/mol. The minimum Gasteiger partial charge on any atom is -0.460 e. The van der Waals surface area contributed by atoms with Crippen LogP contribution >= 0.6 is 23.2 Å². The van der Waals surface area contributed by atoms with Crippen LogP contribution in [0.4, 0.5) is 0 Å². The van der Waals surface area contributed by atoms with E-state index < -0.39 is 11.5 Å². The number of nitrogens with zero attached hydrogens (tertiary/aromatic N) is 1. The number of halogens is 2. The molecule has 1 aliphatic rings. The predicted octanol–water partition coefficient (Wildman–Crippen LogP) is 7.04. The van der Waals surface area contributed by atoms with E-state index in [4.69, 9.17) is 27.9 Å². The van der Waals surface area contributed by atoms with Crippen molar-refractivity contribution in [3.8, 4) is 6.07 Å². The minimum atomic E-state index is -0.613. The third-order valence-corrected chi connectivity index (χ3v) is 7.25. The van der Waals surface area contributed by atoms with Gasteiger partial charge < -0.3 is 10.1 Å². The monoisotopic (exact) mass is 528 g/mol. The second kappa shape index (κ2) is 12.1. The summed E-state index contributed by atoms with van der Waals surface area (Å²) < 4.78 is 5.48. The van der Waals surface area contributed by atoms with Crippen molar-refractivity contribution in [1.29, 1.82) is 5.26 Å². The lowest BCUT2D eigenvalue weighted by molar-refractivity contribution is -0.158. The van der Waals surface area contributed by atoms with E-state index in [1.807, 2.05) is 57.2 Å². The van der Waals surface area contributed by atoms with Gasteiger partial charge in [-0.05, 0) is 74.9 Å². The van der Waals surface area contributed by atoms with Crippen LogP contribution in [0.2, 0.25) is 10.0 Å². The standard InChI is InChI=1S/C29H34Cl2N2O3/c1-5-18(13-22(17-32)19-9-11-23(30)12-10-19)27-25(20-7-6-8-24(31)14-20)15-21(28(35)33-27)16-26(34)36-29(2,3)4/h6-12,14,18,21-22,25,27H,5,13,15-16H2,1-4H3,(H,33,35)/t18?,21-,22-,25-,27+/m1/s1. The van der Waals surface area contributed by atoms with Gasteiger partial charge in [0.25, 0.3) is 0 Å². The Balaban J connectivity index is 1.88. The number of hydrogen-bond donors (Lipinski definition) is 1. The summed E-state index contributed by atoms with van der Waals surface area (Å²) in [5, 5.41) is 14.4. The molecule has 1 fully saturated rings. The van der Waals surface area contributed by atoms with Crippen molar-refractivity contribution in [3.63, 3.8) is 0 Å². The summed E-state index contributed by atoms with van der Waals surface area (Å²) in [6.45, 7) is 7.52. The van der Waals surface area contributed by atoms with Gasteiger partial charge in [-0.2, -0.15) is 5.26 Å². The molecule has 0 radical (unpaired) electrons. The van der Waals surface area contributed by atoms with E-state index in [1.54, 1.807) is 12.1 Å². The van der Waals surface area contributed by atoms with Gasteiger partial charge in [-0.15, -0.1) is 0 Å². The van der Waals surface area contributed by atoms with Gasteiger partial charge in [-0.25, -0.2) is 0 Å². The highest BCUT2D eigenvalue weighted by Crippen LogP contribution is 2.40. The average Bonchev–Trinajstić information content (AvgIpc) is 2.81. The van der Waals surface area contributed by atoms with E-state index >= 15 is 0 Å². The number of amides is 1. The van der Waals surface area contributed by atoms with Crippen molar-refractivity contribution in [3.05, 3.63) is 69.7 Å². The van der Waals surface area contributed by atoms with E-state index in [9.17, 15) is 14.9 Å². The van der Waals surface area contributed by atoms with Crippen LogP contribution in [0.1, 0.15) is 76.3 Å². The molecule has 0 bridgehead atoms. The highest BCUT2D eigenvalue weighted by atomic mass is 35.5. The van der Waals surface area contributed by atoms with E-state index in [0.29, 0.717) is 22.9 Å². The summed E-state index contributed by atoms with van der Waals surface area (Å²) in [7, 11) is 0. The molecule has 0 aliphatic carbocycles. The molecule has 1 heterocycles. The Labute approximate surface area is 224 Å². The fourth-order valence-electron chi connectivity index (χ4n) is 5.06. The van der Waals surface area contributed by atoms with Gasteiger partial charge in [0.15, 0.2) is 0 Å². The van der Waals surface area contributed by atoms with Crippen molar-refractivity contribution < 1.29 is 14.3 Å². The Morgan fingerprint density at radius 1 is 1.17 bits per heavy atom. The smallest absolute Gasteiger partial charge is 0.307 e. The van der Waals surface area contributed by atoms with E-state index in [0.717, 1.165) is 17.5 Å². The molecule has 2 aromatic rings. The SMILES string of the molecule is CCC(C[C@H](C#N)c1ccc(Cl)cc1)[C@@H]1NC(=O)[C@@H](CC(=O)OC(C)(C)C)C[C@@H]1c1cccc(Cl)c1. The lowest BCUT2D eigenvalue weighted by Gasteiger charge is -2.41. The molecule has 5 atom stereocenters. The Morgan fingerprint density at radius 2 is 1.86 bits per heavy atom. The number of ether oxygens (including phenoxy) is 1. The van der Waals surface area contributed by atoms with Crippen LogP contribution in [-0.2, 0) is 14.3 Å². The number of carbonyl (C=O) groups excluding carboxylic acids is 2. The topological polar surface area (TPSA) is 79.2 Å². The number of esters is 1. The van der Waals surface area contributed by atoms with Gasteiger partial charge >= 0.3 is 5.97 Å². The van der Waals surface area contributed by atoms with E-state index in [2.05, 4.69) is 18.3 Å². The van der Waals surface area contributed by atoms with Crippen molar-refractivity contribution in [2.45, 2.75) is 76.9 Å². The zero-order chi connectivity index (χ0) is 26.5. The first-order valence-corrected chi connectivity index (χ1v) is 13.2. The molecule has 1 unspecified atom stereocenters. The second-order valence-corrected chi connectivity index (χ2v) is 11.4. The molecule has 36 heavy (non-hydrogen) atoms. The Bertz CT molecular complexity index is 1100. The number of hydrogen-bond acceptors (Lipinski definition) is 4. The zero-order valence-electron chi connectivity index (χ0n) is 21.3. The van der Waals surface area contributed by atoms with Crippen molar-refractivity contribution in [2.24, 2.45) is 11.8 Å². The summed E-state index contributed by atoms with van der Waals surface area (Å²) in [5.41, 5.74) is 1.31. The molecule has 7 heteroatoms. The summed E-state index contributed by atoms with van der Waals surface area (Å²) in [5.74, 6) is -1.37. The van der Waals surface area contributed by atoms with Crippen LogP contribution in [0.15, 0.2) is 48.5 Å². The number of rotatable bonds is 8. The van der Waals surface area contributed by atoms with E-state index in [-0.39, 0.29) is 42.1 Å². The van der Waals surface area contributed by atoms with Gasteiger partial charge in [0.05, 0.1) is 18.4 Å². The zero-order valence-corrected chi connectivity index (χ0v) is 22.8.